The minimum Gasteiger partial charge on any atom is -0.491 e. The van der Waals surface area contributed by atoms with Gasteiger partial charge in [0, 0.05) is 18.2 Å². The number of benzene rings is 2. The average molecular weight is 269 g/mol. The Morgan fingerprint density at radius 3 is 2.25 bits per heavy atom. The molecule has 2 aromatic rings. The van der Waals surface area contributed by atoms with Crippen molar-refractivity contribution in [2.75, 3.05) is 0 Å². The maximum absolute atomic E-state index is 5.88. The first-order chi connectivity index (χ1) is 9.66. The highest BCUT2D eigenvalue weighted by Gasteiger charge is 2.11. The summed E-state index contributed by atoms with van der Waals surface area (Å²) in [6, 6.07) is 18.9. The SMILES string of the molecule is CC(C)Oc1ccccc1C(C)NCc1ccccc1. The number of hydrogen-bond acceptors (Lipinski definition) is 2. The van der Waals surface area contributed by atoms with Crippen molar-refractivity contribution < 1.29 is 4.74 Å². The summed E-state index contributed by atoms with van der Waals surface area (Å²) in [5.74, 6) is 0.968. The fourth-order valence-electron chi connectivity index (χ4n) is 2.18. The van der Waals surface area contributed by atoms with Crippen LogP contribution in [0.25, 0.3) is 0 Å². The molecule has 2 aromatic carbocycles. The van der Waals surface area contributed by atoms with E-state index in [0.717, 1.165) is 12.3 Å². The van der Waals surface area contributed by atoms with Crippen molar-refractivity contribution in [3.8, 4) is 5.75 Å². The summed E-state index contributed by atoms with van der Waals surface area (Å²) in [5, 5.41) is 3.55. The lowest BCUT2D eigenvalue weighted by Gasteiger charge is -2.20. The van der Waals surface area contributed by atoms with E-state index in [1.807, 2.05) is 18.2 Å². The Hall–Kier alpha value is -1.80. The van der Waals surface area contributed by atoms with E-state index >= 15 is 0 Å². The molecule has 0 radical (unpaired) electrons. The van der Waals surface area contributed by atoms with Crippen molar-refractivity contribution in [2.45, 2.75) is 39.5 Å². The van der Waals surface area contributed by atoms with Gasteiger partial charge in [-0.3, -0.25) is 0 Å². The van der Waals surface area contributed by atoms with Gasteiger partial charge in [0.15, 0.2) is 0 Å². The average Bonchev–Trinajstić information content (AvgIpc) is 2.46. The zero-order valence-corrected chi connectivity index (χ0v) is 12.5. The van der Waals surface area contributed by atoms with Crippen LogP contribution in [0.5, 0.6) is 5.75 Å². The molecule has 0 aliphatic rings. The quantitative estimate of drug-likeness (QED) is 0.843. The van der Waals surface area contributed by atoms with E-state index in [9.17, 15) is 0 Å². The molecule has 2 rings (SSSR count). The first-order valence-electron chi connectivity index (χ1n) is 7.19. The Bertz CT molecular complexity index is 522. The van der Waals surface area contributed by atoms with Crippen molar-refractivity contribution in [1.29, 1.82) is 0 Å². The van der Waals surface area contributed by atoms with Gasteiger partial charge >= 0.3 is 0 Å². The van der Waals surface area contributed by atoms with Crippen LogP contribution in [-0.4, -0.2) is 6.10 Å². The van der Waals surface area contributed by atoms with E-state index < -0.39 is 0 Å². The molecule has 20 heavy (non-hydrogen) atoms. The van der Waals surface area contributed by atoms with Crippen molar-refractivity contribution in [3.63, 3.8) is 0 Å². The van der Waals surface area contributed by atoms with Gasteiger partial charge < -0.3 is 10.1 Å². The van der Waals surface area contributed by atoms with Gasteiger partial charge in [0.1, 0.15) is 5.75 Å². The molecule has 0 heterocycles. The van der Waals surface area contributed by atoms with E-state index in [4.69, 9.17) is 4.74 Å². The first kappa shape index (κ1) is 14.6. The molecular formula is C18H23NO. The number of hydrogen-bond donors (Lipinski definition) is 1. The van der Waals surface area contributed by atoms with E-state index in [1.165, 1.54) is 11.1 Å². The van der Waals surface area contributed by atoms with Gasteiger partial charge in [0.05, 0.1) is 6.10 Å². The summed E-state index contributed by atoms with van der Waals surface area (Å²) in [4.78, 5) is 0. The second kappa shape index (κ2) is 7.11. The molecule has 1 atom stereocenters. The van der Waals surface area contributed by atoms with E-state index in [2.05, 4.69) is 62.5 Å². The Labute approximate surface area is 121 Å². The van der Waals surface area contributed by atoms with Crippen LogP contribution in [0.1, 0.15) is 37.9 Å². The molecule has 0 saturated carbocycles. The van der Waals surface area contributed by atoms with Crippen LogP contribution in [0.4, 0.5) is 0 Å². The Morgan fingerprint density at radius 2 is 1.55 bits per heavy atom. The second-order valence-corrected chi connectivity index (χ2v) is 5.29. The molecule has 0 aliphatic carbocycles. The van der Waals surface area contributed by atoms with E-state index in [1.54, 1.807) is 0 Å². The van der Waals surface area contributed by atoms with E-state index in [0.29, 0.717) is 0 Å². The second-order valence-electron chi connectivity index (χ2n) is 5.29. The number of rotatable bonds is 6. The Kier molecular flexibility index (Phi) is 5.19. The zero-order valence-electron chi connectivity index (χ0n) is 12.5. The molecule has 0 aromatic heterocycles. The Morgan fingerprint density at radius 1 is 0.900 bits per heavy atom. The van der Waals surface area contributed by atoms with Gasteiger partial charge in [-0.25, -0.2) is 0 Å². The molecule has 0 bridgehead atoms. The standard InChI is InChI=1S/C18H23NO/c1-14(2)20-18-12-8-7-11-17(18)15(3)19-13-16-9-5-4-6-10-16/h4-12,14-15,19H,13H2,1-3H3. The molecule has 0 amide bonds. The molecule has 0 aliphatic heterocycles. The van der Waals surface area contributed by atoms with Gasteiger partial charge in [-0.05, 0) is 32.4 Å². The molecule has 2 nitrogen and oxygen atoms in total. The van der Waals surface area contributed by atoms with Crippen molar-refractivity contribution >= 4 is 0 Å². The molecule has 1 N–H and O–H groups in total. The largest absolute Gasteiger partial charge is 0.491 e. The highest BCUT2D eigenvalue weighted by atomic mass is 16.5. The summed E-state index contributed by atoms with van der Waals surface area (Å²) in [6.45, 7) is 7.14. The van der Waals surface area contributed by atoms with Crippen molar-refractivity contribution in [3.05, 3.63) is 65.7 Å². The van der Waals surface area contributed by atoms with Crippen LogP contribution in [0.2, 0.25) is 0 Å². The third-order valence-electron chi connectivity index (χ3n) is 3.20. The summed E-state index contributed by atoms with van der Waals surface area (Å²) < 4.78 is 5.88. The third-order valence-corrected chi connectivity index (χ3v) is 3.20. The summed E-state index contributed by atoms with van der Waals surface area (Å²) >= 11 is 0. The predicted molar refractivity (Wildman–Crippen MR) is 83.9 cm³/mol. The minimum atomic E-state index is 0.192. The van der Waals surface area contributed by atoms with Crippen LogP contribution >= 0.6 is 0 Å². The zero-order chi connectivity index (χ0) is 14.4. The Balaban J connectivity index is 2.03. The van der Waals surface area contributed by atoms with Gasteiger partial charge in [-0.15, -0.1) is 0 Å². The van der Waals surface area contributed by atoms with Gasteiger partial charge in [0.2, 0.25) is 0 Å². The minimum absolute atomic E-state index is 0.192. The van der Waals surface area contributed by atoms with Crippen LogP contribution in [-0.2, 0) is 6.54 Å². The number of ether oxygens (including phenoxy) is 1. The van der Waals surface area contributed by atoms with Crippen LogP contribution in [0, 0.1) is 0 Å². The van der Waals surface area contributed by atoms with Crippen molar-refractivity contribution in [1.82, 2.24) is 5.32 Å². The van der Waals surface area contributed by atoms with Gasteiger partial charge in [-0.2, -0.15) is 0 Å². The lowest BCUT2D eigenvalue weighted by molar-refractivity contribution is 0.238. The maximum atomic E-state index is 5.88. The monoisotopic (exact) mass is 269 g/mol. The third kappa shape index (κ3) is 4.10. The summed E-state index contributed by atoms with van der Waals surface area (Å²) in [5.41, 5.74) is 2.50. The highest BCUT2D eigenvalue weighted by molar-refractivity contribution is 5.35. The molecule has 0 saturated heterocycles. The number of nitrogens with one attached hydrogen (secondary N) is 1. The summed E-state index contributed by atoms with van der Waals surface area (Å²) in [6.07, 6.45) is 0.192. The molecule has 0 spiro atoms. The fraction of sp³-hybridized carbons (Fsp3) is 0.333. The fourth-order valence-corrected chi connectivity index (χ4v) is 2.18. The van der Waals surface area contributed by atoms with Gasteiger partial charge in [0.25, 0.3) is 0 Å². The normalized spacial score (nSPS) is 12.4. The highest BCUT2D eigenvalue weighted by Crippen LogP contribution is 2.25. The lowest BCUT2D eigenvalue weighted by atomic mass is 10.1. The summed E-state index contributed by atoms with van der Waals surface area (Å²) in [7, 11) is 0. The van der Waals surface area contributed by atoms with Crippen LogP contribution < -0.4 is 10.1 Å². The first-order valence-corrected chi connectivity index (χ1v) is 7.19. The van der Waals surface area contributed by atoms with Gasteiger partial charge in [-0.1, -0.05) is 48.5 Å². The topological polar surface area (TPSA) is 21.3 Å². The lowest BCUT2D eigenvalue weighted by Crippen LogP contribution is -2.19. The maximum Gasteiger partial charge on any atom is 0.124 e. The molecule has 1 unspecified atom stereocenters. The number of para-hydroxylation sites is 1. The molecule has 106 valence electrons. The van der Waals surface area contributed by atoms with Crippen molar-refractivity contribution in [2.24, 2.45) is 0 Å². The predicted octanol–water partition coefficient (Wildman–Crippen LogP) is 4.32. The molecule has 2 heteroatoms. The van der Waals surface area contributed by atoms with Crippen LogP contribution in [0.15, 0.2) is 54.6 Å². The van der Waals surface area contributed by atoms with E-state index in [-0.39, 0.29) is 12.1 Å². The van der Waals surface area contributed by atoms with Crippen LogP contribution in [0.3, 0.4) is 0 Å². The molecular weight excluding hydrogens is 246 g/mol. The molecule has 0 fully saturated rings. The smallest absolute Gasteiger partial charge is 0.124 e.